The third-order valence-electron chi connectivity index (χ3n) is 5.84. The summed E-state index contributed by atoms with van der Waals surface area (Å²) < 4.78 is 19.1. The number of halogens is 1. The van der Waals surface area contributed by atoms with Crippen LogP contribution in [-0.2, 0) is 5.75 Å². The van der Waals surface area contributed by atoms with Gasteiger partial charge in [-0.25, -0.2) is 19.2 Å². The number of nitriles is 1. The number of anilines is 1. The molecule has 0 bridgehead atoms. The number of thioether (sulfide) groups is 1. The molecule has 1 aromatic carbocycles. The number of rotatable bonds is 5. The van der Waals surface area contributed by atoms with E-state index in [1.165, 1.54) is 24.1 Å². The van der Waals surface area contributed by atoms with Crippen molar-refractivity contribution in [3.05, 3.63) is 64.1 Å². The van der Waals surface area contributed by atoms with Crippen molar-refractivity contribution in [2.45, 2.75) is 55.4 Å². The van der Waals surface area contributed by atoms with Crippen LogP contribution in [0.3, 0.4) is 0 Å². The van der Waals surface area contributed by atoms with Gasteiger partial charge < -0.3 is 15.3 Å². The summed E-state index contributed by atoms with van der Waals surface area (Å²) in [5.41, 5.74) is 9.14. The summed E-state index contributed by atoms with van der Waals surface area (Å²) in [6, 6.07) is 6.88. The van der Waals surface area contributed by atoms with E-state index in [1.54, 1.807) is 19.1 Å². The molecule has 7 nitrogen and oxygen atoms in total. The maximum absolute atomic E-state index is 13.5. The number of aliphatic hydroxyl groups is 1. The molecule has 9 heteroatoms. The number of aliphatic hydroxyl groups excluding tert-OH is 1. The first kappa shape index (κ1) is 22.8. The van der Waals surface area contributed by atoms with E-state index in [9.17, 15) is 14.8 Å². The van der Waals surface area contributed by atoms with E-state index in [2.05, 4.69) is 20.9 Å². The Labute approximate surface area is 195 Å². The average Bonchev–Trinajstić information content (AvgIpc) is 3.28. The molecule has 0 saturated heterocycles. The quantitative estimate of drug-likeness (QED) is 0.379. The third kappa shape index (κ3) is 4.70. The molecule has 33 heavy (non-hydrogen) atoms. The Morgan fingerprint density at radius 3 is 2.76 bits per heavy atom. The first-order valence-corrected chi connectivity index (χ1v) is 11.5. The fraction of sp³-hybridized carbons (Fsp3) is 0.333. The van der Waals surface area contributed by atoms with Crippen molar-refractivity contribution in [2.75, 3.05) is 5.73 Å². The molecule has 0 aliphatic heterocycles. The number of aryl methyl sites for hydroxylation is 1. The highest BCUT2D eigenvalue weighted by molar-refractivity contribution is 7.98. The zero-order valence-electron chi connectivity index (χ0n) is 18.0. The maximum atomic E-state index is 13.5. The van der Waals surface area contributed by atoms with Gasteiger partial charge in [-0.2, -0.15) is 5.26 Å². The molecule has 1 aliphatic carbocycles. The van der Waals surface area contributed by atoms with Gasteiger partial charge in [0.05, 0.1) is 23.9 Å². The van der Waals surface area contributed by atoms with Crippen LogP contribution >= 0.6 is 11.8 Å². The van der Waals surface area contributed by atoms with Crippen LogP contribution < -0.4 is 5.73 Å². The molecule has 3 N–H and O–H groups in total. The minimum absolute atomic E-state index is 0.0165. The molecule has 3 aromatic rings. The molecule has 2 heterocycles. The lowest BCUT2D eigenvalue weighted by Gasteiger charge is -2.28. The van der Waals surface area contributed by atoms with Crippen molar-refractivity contribution in [3.63, 3.8) is 0 Å². The van der Waals surface area contributed by atoms with Crippen LogP contribution in [0, 0.1) is 30.6 Å². The van der Waals surface area contributed by atoms with Gasteiger partial charge in [-0.05, 0) is 67.9 Å². The topological polar surface area (TPSA) is 113 Å². The van der Waals surface area contributed by atoms with Gasteiger partial charge in [-0.3, -0.25) is 0 Å². The lowest BCUT2D eigenvalue weighted by molar-refractivity contribution is 0.122. The van der Waals surface area contributed by atoms with Gasteiger partial charge in [0, 0.05) is 11.3 Å². The molecule has 4 rings (SSSR count). The number of nitrogens with zero attached hydrogens (tertiary/aromatic N) is 4. The van der Waals surface area contributed by atoms with E-state index in [-0.39, 0.29) is 29.3 Å². The van der Waals surface area contributed by atoms with Crippen LogP contribution in [0.1, 0.15) is 54.0 Å². The second-order valence-corrected chi connectivity index (χ2v) is 9.03. The Balaban J connectivity index is 1.60. The van der Waals surface area contributed by atoms with E-state index >= 15 is 0 Å². The van der Waals surface area contributed by atoms with Crippen molar-refractivity contribution >= 4 is 23.3 Å². The van der Waals surface area contributed by atoms with Gasteiger partial charge >= 0.3 is 0 Å². The molecule has 0 amide bonds. The van der Waals surface area contributed by atoms with Crippen molar-refractivity contribution in [2.24, 2.45) is 0 Å². The summed E-state index contributed by atoms with van der Waals surface area (Å²) in [6.45, 7) is 9.24. The molecule has 1 saturated carbocycles. The second-order valence-electron chi connectivity index (χ2n) is 8.07. The minimum Gasteiger partial charge on any atom is -0.444 e. The number of nitrogen functional groups attached to an aromatic ring is 1. The molecule has 2 aromatic heterocycles. The summed E-state index contributed by atoms with van der Waals surface area (Å²) in [5, 5.41) is 20.2. The molecule has 0 atom stereocenters. The highest BCUT2D eigenvalue weighted by atomic mass is 32.2. The van der Waals surface area contributed by atoms with E-state index in [4.69, 9.17) is 16.7 Å². The Morgan fingerprint density at radius 1 is 1.33 bits per heavy atom. The molecule has 0 radical (unpaired) electrons. The molecule has 168 valence electrons. The third-order valence-corrected chi connectivity index (χ3v) is 6.85. The fourth-order valence-electron chi connectivity index (χ4n) is 4.11. The summed E-state index contributed by atoms with van der Waals surface area (Å²) in [4.78, 5) is 12.4. The Hall–Kier alpha value is -3.40. The molecule has 1 fully saturated rings. The first-order chi connectivity index (χ1) is 15.9. The van der Waals surface area contributed by atoms with Crippen molar-refractivity contribution in [3.8, 4) is 17.5 Å². The number of benzene rings is 1. The number of pyridine rings is 1. The molecule has 1 aliphatic rings. The van der Waals surface area contributed by atoms with Gasteiger partial charge in [0.15, 0.2) is 0 Å². The first-order valence-electron chi connectivity index (χ1n) is 10.5. The number of aromatic nitrogens is 2. The van der Waals surface area contributed by atoms with Crippen molar-refractivity contribution in [1.82, 2.24) is 9.97 Å². The summed E-state index contributed by atoms with van der Waals surface area (Å²) in [7, 11) is 0. The van der Waals surface area contributed by atoms with Gasteiger partial charge in [0.1, 0.15) is 29.0 Å². The monoisotopic (exact) mass is 463 g/mol. The zero-order chi connectivity index (χ0) is 23.5. The van der Waals surface area contributed by atoms with Crippen LogP contribution in [0.2, 0.25) is 0 Å². The SMILES string of the molecule is [C-]#[N+]c1c(N)nc(SCc2coc(-c3ccc(F)c(C)c3)n2)c(C#N)c1C1CCC(O)CC1. The standard InChI is InChI=1S/C24H22FN5O2S/c1-13-9-15(5-8-19(13)25)23-29-16(11-32-23)12-33-24-18(10-26)20(21(28-2)22(27)30-24)14-3-6-17(31)7-4-14/h5,8-9,11,14,17,31H,3-4,6-7,12H2,1H3,(H2,27,30). The van der Waals surface area contributed by atoms with Gasteiger partial charge in [0.25, 0.3) is 0 Å². The number of hydrogen-bond acceptors (Lipinski definition) is 7. The number of nitrogens with two attached hydrogens (primary N) is 1. The van der Waals surface area contributed by atoms with Gasteiger partial charge in [-0.1, -0.05) is 11.8 Å². The molecular weight excluding hydrogens is 441 g/mol. The number of oxazole rings is 1. The fourth-order valence-corrected chi connectivity index (χ4v) is 4.99. The Morgan fingerprint density at radius 2 is 2.09 bits per heavy atom. The Bertz CT molecular complexity index is 1270. The molecular formula is C24H22FN5O2S. The van der Waals surface area contributed by atoms with Gasteiger partial charge in [-0.15, -0.1) is 0 Å². The lowest BCUT2D eigenvalue weighted by Crippen LogP contribution is -2.18. The van der Waals surface area contributed by atoms with Crippen LogP contribution in [0.4, 0.5) is 15.9 Å². The number of hydrogen-bond donors (Lipinski definition) is 2. The normalized spacial score (nSPS) is 18.0. The lowest BCUT2D eigenvalue weighted by atomic mass is 9.81. The minimum atomic E-state index is -0.345. The average molecular weight is 464 g/mol. The zero-order valence-corrected chi connectivity index (χ0v) is 18.8. The molecule has 0 unspecified atom stereocenters. The van der Waals surface area contributed by atoms with Crippen LogP contribution in [0.15, 0.2) is 33.9 Å². The predicted molar refractivity (Wildman–Crippen MR) is 123 cm³/mol. The van der Waals surface area contributed by atoms with E-state index < -0.39 is 0 Å². The largest absolute Gasteiger partial charge is 0.444 e. The summed E-state index contributed by atoms with van der Waals surface area (Å²) in [6.07, 6.45) is 3.81. The molecule has 0 spiro atoms. The van der Waals surface area contributed by atoms with E-state index in [0.29, 0.717) is 70.3 Å². The van der Waals surface area contributed by atoms with Crippen molar-refractivity contribution in [1.29, 1.82) is 5.26 Å². The van der Waals surface area contributed by atoms with E-state index in [0.717, 1.165) is 0 Å². The summed E-state index contributed by atoms with van der Waals surface area (Å²) in [5.74, 6) is 0.559. The predicted octanol–water partition coefficient (Wildman–Crippen LogP) is 5.50. The highest BCUT2D eigenvalue weighted by Crippen LogP contribution is 2.44. The van der Waals surface area contributed by atoms with Gasteiger partial charge in [0.2, 0.25) is 11.6 Å². The van der Waals surface area contributed by atoms with Crippen molar-refractivity contribution < 1.29 is 13.9 Å². The van der Waals surface area contributed by atoms with Crippen LogP contribution in [-0.4, -0.2) is 21.2 Å². The van der Waals surface area contributed by atoms with Crippen LogP contribution in [0.25, 0.3) is 16.3 Å². The second kappa shape index (κ2) is 9.62. The van der Waals surface area contributed by atoms with E-state index in [1.807, 2.05) is 0 Å². The Kier molecular flexibility index (Phi) is 6.64. The smallest absolute Gasteiger partial charge is 0.232 e. The van der Waals surface area contributed by atoms with Crippen LogP contribution in [0.5, 0.6) is 0 Å². The maximum Gasteiger partial charge on any atom is 0.232 e. The highest BCUT2D eigenvalue weighted by Gasteiger charge is 2.29. The summed E-state index contributed by atoms with van der Waals surface area (Å²) >= 11 is 1.30.